The van der Waals surface area contributed by atoms with Crippen molar-refractivity contribution in [2.75, 3.05) is 5.73 Å². The van der Waals surface area contributed by atoms with Crippen LogP contribution >= 0.6 is 11.3 Å². The van der Waals surface area contributed by atoms with Gasteiger partial charge in [-0.05, 0) is 36.6 Å². The maximum atomic E-state index is 5.95. The van der Waals surface area contributed by atoms with Crippen LogP contribution in [-0.4, -0.2) is 14.2 Å². The molecule has 0 radical (unpaired) electrons. The number of hydrogen-bond donors (Lipinski definition) is 1. The molecule has 0 atom stereocenters. The Labute approximate surface area is 120 Å². The SMILES string of the molecule is Cc1cc2n(Cc3cccs3)c3cc(N)ccc3n2n1. The number of nitrogens with zero attached hydrogens (tertiary/aromatic N) is 3. The number of benzene rings is 1. The first-order valence-corrected chi connectivity index (χ1v) is 7.37. The monoisotopic (exact) mass is 282 g/mol. The zero-order chi connectivity index (χ0) is 13.7. The van der Waals surface area contributed by atoms with Gasteiger partial charge in [-0.25, -0.2) is 4.52 Å². The summed E-state index contributed by atoms with van der Waals surface area (Å²) in [5.41, 5.74) is 11.1. The van der Waals surface area contributed by atoms with E-state index in [1.807, 2.05) is 29.6 Å². The molecule has 0 spiro atoms. The summed E-state index contributed by atoms with van der Waals surface area (Å²) in [4.78, 5) is 1.32. The first-order chi connectivity index (χ1) is 9.72. The molecular formula is C15H14N4S. The maximum absolute atomic E-state index is 5.95. The van der Waals surface area contributed by atoms with E-state index in [0.717, 1.165) is 34.6 Å². The Morgan fingerprint density at radius 3 is 2.90 bits per heavy atom. The zero-order valence-corrected chi connectivity index (χ0v) is 11.9. The lowest BCUT2D eigenvalue weighted by molar-refractivity contribution is 0.861. The third-order valence-electron chi connectivity index (χ3n) is 3.50. The molecule has 100 valence electrons. The van der Waals surface area contributed by atoms with Crippen molar-refractivity contribution in [3.63, 3.8) is 0 Å². The molecule has 0 aliphatic carbocycles. The zero-order valence-electron chi connectivity index (χ0n) is 11.1. The van der Waals surface area contributed by atoms with Crippen LogP contribution in [-0.2, 0) is 6.54 Å². The van der Waals surface area contributed by atoms with Crippen LogP contribution < -0.4 is 5.73 Å². The Morgan fingerprint density at radius 1 is 1.20 bits per heavy atom. The predicted octanol–water partition coefficient (Wildman–Crippen LogP) is 3.29. The van der Waals surface area contributed by atoms with Gasteiger partial charge in [0.25, 0.3) is 0 Å². The highest BCUT2D eigenvalue weighted by Gasteiger charge is 2.13. The molecule has 1 aromatic carbocycles. The van der Waals surface area contributed by atoms with Gasteiger partial charge in [0.05, 0.1) is 23.3 Å². The topological polar surface area (TPSA) is 48.2 Å². The Hall–Kier alpha value is -2.27. The molecule has 0 saturated carbocycles. The van der Waals surface area contributed by atoms with Gasteiger partial charge in [-0.15, -0.1) is 11.3 Å². The van der Waals surface area contributed by atoms with Gasteiger partial charge in [0.2, 0.25) is 0 Å². The van der Waals surface area contributed by atoms with Crippen LogP contribution in [0.2, 0.25) is 0 Å². The van der Waals surface area contributed by atoms with Crippen molar-refractivity contribution in [2.45, 2.75) is 13.5 Å². The fraction of sp³-hybridized carbons (Fsp3) is 0.133. The van der Waals surface area contributed by atoms with Gasteiger partial charge in [0.1, 0.15) is 5.65 Å². The summed E-state index contributed by atoms with van der Waals surface area (Å²) in [5, 5.41) is 6.68. The summed E-state index contributed by atoms with van der Waals surface area (Å²) in [7, 11) is 0. The van der Waals surface area contributed by atoms with Gasteiger partial charge in [-0.1, -0.05) is 6.07 Å². The molecule has 0 amide bonds. The molecule has 0 bridgehead atoms. The standard InChI is InChI=1S/C15H14N4S/c1-10-7-15-18(9-12-3-2-6-20-12)14-8-11(16)4-5-13(14)19(15)17-10/h2-8H,9,16H2,1H3. The average molecular weight is 282 g/mol. The van der Waals surface area contributed by atoms with Gasteiger partial charge in [0.15, 0.2) is 0 Å². The lowest BCUT2D eigenvalue weighted by atomic mass is 10.3. The first-order valence-electron chi connectivity index (χ1n) is 6.49. The molecule has 3 heterocycles. The molecule has 2 N–H and O–H groups in total. The summed E-state index contributed by atoms with van der Waals surface area (Å²) in [5.74, 6) is 0. The van der Waals surface area contributed by atoms with Crippen molar-refractivity contribution in [1.82, 2.24) is 14.2 Å². The van der Waals surface area contributed by atoms with Crippen molar-refractivity contribution < 1.29 is 0 Å². The summed E-state index contributed by atoms with van der Waals surface area (Å²) in [6.07, 6.45) is 0. The van der Waals surface area contributed by atoms with Crippen LogP contribution in [0.25, 0.3) is 16.7 Å². The number of nitrogen functional groups attached to an aromatic ring is 1. The molecule has 0 unspecified atom stereocenters. The molecule has 4 rings (SSSR count). The maximum Gasteiger partial charge on any atom is 0.137 e. The van der Waals surface area contributed by atoms with Crippen LogP contribution in [0.3, 0.4) is 0 Å². The minimum Gasteiger partial charge on any atom is -0.399 e. The summed E-state index contributed by atoms with van der Waals surface area (Å²) in [6, 6.07) is 12.3. The molecule has 3 aromatic heterocycles. The smallest absolute Gasteiger partial charge is 0.137 e. The number of imidazole rings is 1. The third kappa shape index (κ3) is 1.63. The minimum atomic E-state index is 0.780. The van der Waals surface area contributed by atoms with Crippen molar-refractivity contribution in [3.05, 3.63) is 52.3 Å². The van der Waals surface area contributed by atoms with Gasteiger partial charge in [-0.2, -0.15) is 5.10 Å². The van der Waals surface area contributed by atoms with Gasteiger partial charge >= 0.3 is 0 Å². The van der Waals surface area contributed by atoms with Crippen molar-refractivity contribution in [2.24, 2.45) is 0 Å². The second kappa shape index (κ2) is 4.11. The second-order valence-corrected chi connectivity index (χ2v) is 6.00. The lowest BCUT2D eigenvalue weighted by Gasteiger charge is -2.04. The largest absolute Gasteiger partial charge is 0.399 e. The van der Waals surface area contributed by atoms with E-state index < -0.39 is 0 Å². The number of aryl methyl sites for hydroxylation is 1. The van der Waals surface area contributed by atoms with E-state index >= 15 is 0 Å². The number of thiophene rings is 1. The van der Waals surface area contributed by atoms with Crippen LogP contribution in [0, 0.1) is 6.92 Å². The Bertz CT molecular complexity index is 899. The van der Waals surface area contributed by atoms with E-state index in [2.05, 4.69) is 33.2 Å². The van der Waals surface area contributed by atoms with Crippen molar-refractivity contribution in [3.8, 4) is 0 Å². The van der Waals surface area contributed by atoms with Crippen LogP contribution in [0.1, 0.15) is 10.6 Å². The number of anilines is 1. The molecule has 0 fully saturated rings. The van der Waals surface area contributed by atoms with Gasteiger partial charge in [0, 0.05) is 16.6 Å². The Kier molecular flexibility index (Phi) is 2.37. The van der Waals surface area contributed by atoms with Crippen molar-refractivity contribution in [1.29, 1.82) is 0 Å². The second-order valence-electron chi connectivity index (χ2n) is 4.97. The molecule has 0 saturated heterocycles. The van der Waals surface area contributed by atoms with E-state index in [1.54, 1.807) is 11.3 Å². The van der Waals surface area contributed by atoms with E-state index in [9.17, 15) is 0 Å². The number of rotatable bonds is 2. The van der Waals surface area contributed by atoms with E-state index in [0.29, 0.717) is 0 Å². The van der Waals surface area contributed by atoms with Crippen molar-refractivity contribution >= 4 is 33.7 Å². The number of aromatic nitrogens is 3. The molecule has 0 aliphatic heterocycles. The van der Waals surface area contributed by atoms with Crippen LogP contribution in [0.5, 0.6) is 0 Å². The number of fused-ring (bicyclic) bond motifs is 3. The van der Waals surface area contributed by atoms with Crippen LogP contribution in [0.15, 0.2) is 41.8 Å². The minimum absolute atomic E-state index is 0.780. The van der Waals surface area contributed by atoms with Crippen LogP contribution in [0.4, 0.5) is 5.69 Å². The highest BCUT2D eigenvalue weighted by atomic mass is 32.1. The van der Waals surface area contributed by atoms with Gasteiger partial charge in [-0.3, -0.25) is 0 Å². The number of hydrogen-bond acceptors (Lipinski definition) is 3. The molecule has 0 aliphatic rings. The van der Waals surface area contributed by atoms with E-state index in [-0.39, 0.29) is 0 Å². The van der Waals surface area contributed by atoms with E-state index in [4.69, 9.17) is 5.73 Å². The first kappa shape index (κ1) is 11.5. The summed E-state index contributed by atoms with van der Waals surface area (Å²) < 4.78 is 4.27. The molecule has 4 aromatic rings. The Morgan fingerprint density at radius 2 is 2.10 bits per heavy atom. The highest BCUT2D eigenvalue weighted by Crippen LogP contribution is 2.25. The average Bonchev–Trinajstić information content (AvgIpc) is 3.09. The normalized spacial score (nSPS) is 11.7. The number of nitrogens with two attached hydrogens (primary N) is 1. The summed E-state index contributed by atoms with van der Waals surface area (Å²) >= 11 is 1.77. The fourth-order valence-corrected chi connectivity index (χ4v) is 3.33. The summed E-state index contributed by atoms with van der Waals surface area (Å²) in [6.45, 7) is 2.87. The Balaban J connectivity index is 2.04. The molecular weight excluding hydrogens is 268 g/mol. The quantitative estimate of drug-likeness (QED) is 0.573. The fourth-order valence-electron chi connectivity index (χ4n) is 2.64. The van der Waals surface area contributed by atoms with E-state index in [1.165, 1.54) is 4.88 Å². The van der Waals surface area contributed by atoms with Gasteiger partial charge < -0.3 is 10.3 Å². The molecule has 20 heavy (non-hydrogen) atoms. The highest BCUT2D eigenvalue weighted by molar-refractivity contribution is 7.09. The molecule has 4 nitrogen and oxygen atoms in total. The lowest BCUT2D eigenvalue weighted by Crippen LogP contribution is -1.97. The predicted molar refractivity (Wildman–Crippen MR) is 83.3 cm³/mol. The third-order valence-corrected chi connectivity index (χ3v) is 4.36. The molecule has 5 heteroatoms.